The smallest absolute Gasteiger partial charge is 0.265 e. The summed E-state index contributed by atoms with van der Waals surface area (Å²) in [6.07, 6.45) is 3.29. The number of para-hydroxylation sites is 1. The van der Waals surface area contributed by atoms with Crippen LogP contribution >= 0.6 is 22.6 Å². The number of aliphatic hydroxyl groups excluding tert-OH is 1. The second kappa shape index (κ2) is 6.55. The Labute approximate surface area is 131 Å². The molecule has 1 aromatic heterocycles. The lowest BCUT2D eigenvalue weighted by Crippen LogP contribution is -2.13. The van der Waals surface area contributed by atoms with Crippen LogP contribution in [0.25, 0.3) is 0 Å². The van der Waals surface area contributed by atoms with E-state index >= 15 is 0 Å². The number of hydrogen-bond donors (Lipinski definition) is 2. The van der Waals surface area contributed by atoms with E-state index in [1.165, 1.54) is 17.1 Å². The number of rotatable bonds is 6. The minimum Gasteiger partial charge on any atom is -0.396 e. The third kappa shape index (κ3) is 3.70. The van der Waals surface area contributed by atoms with E-state index in [1.54, 1.807) is 12.1 Å². The molecule has 0 aliphatic heterocycles. The van der Waals surface area contributed by atoms with Crippen LogP contribution in [0.5, 0.6) is 0 Å². The maximum Gasteiger partial charge on any atom is 0.265 e. The van der Waals surface area contributed by atoms with Crippen molar-refractivity contribution in [1.29, 1.82) is 0 Å². The summed E-state index contributed by atoms with van der Waals surface area (Å²) in [5.74, 6) is 0. The molecule has 0 spiro atoms. The highest BCUT2D eigenvalue weighted by Crippen LogP contribution is 2.21. The Kier molecular flexibility index (Phi) is 5.00. The van der Waals surface area contributed by atoms with E-state index in [9.17, 15) is 8.42 Å². The Hall–Kier alpha value is -1.13. The summed E-state index contributed by atoms with van der Waals surface area (Å²) < 4.78 is 29.3. The molecule has 0 atom stereocenters. The number of nitrogens with one attached hydrogen (secondary N) is 1. The van der Waals surface area contributed by atoms with Crippen molar-refractivity contribution in [2.75, 3.05) is 11.3 Å². The summed E-state index contributed by atoms with van der Waals surface area (Å²) in [7, 11) is -3.64. The molecular formula is C12H14IN3O3S. The second-order valence-electron chi connectivity index (χ2n) is 4.10. The molecule has 20 heavy (non-hydrogen) atoms. The van der Waals surface area contributed by atoms with E-state index in [2.05, 4.69) is 32.4 Å². The van der Waals surface area contributed by atoms with Crippen molar-refractivity contribution in [3.8, 4) is 0 Å². The summed E-state index contributed by atoms with van der Waals surface area (Å²) in [5, 5.41) is 12.7. The topological polar surface area (TPSA) is 84.2 Å². The molecule has 0 saturated heterocycles. The maximum absolute atomic E-state index is 12.2. The molecule has 2 rings (SSSR count). The van der Waals surface area contributed by atoms with E-state index in [4.69, 9.17) is 5.11 Å². The fourth-order valence-corrected chi connectivity index (χ4v) is 3.32. The number of aromatic nitrogens is 2. The van der Waals surface area contributed by atoms with Gasteiger partial charge in [0.05, 0.1) is 11.9 Å². The van der Waals surface area contributed by atoms with Crippen LogP contribution in [0.3, 0.4) is 0 Å². The average molecular weight is 407 g/mol. The molecule has 6 nitrogen and oxygen atoms in total. The number of aliphatic hydroxyl groups is 1. The predicted octanol–water partition coefficient (Wildman–Crippen LogP) is 1.67. The van der Waals surface area contributed by atoms with E-state index in [0.717, 1.165) is 3.57 Å². The molecule has 0 radical (unpaired) electrons. The van der Waals surface area contributed by atoms with Crippen molar-refractivity contribution < 1.29 is 13.5 Å². The molecule has 0 aliphatic rings. The molecule has 0 unspecified atom stereocenters. The van der Waals surface area contributed by atoms with Gasteiger partial charge in [0.15, 0.2) is 0 Å². The molecule has 0 bridgehead atoms. The van der Waals surface area contributed by atoms with Crippen LogP contribution in [0.1, 0.15) is 6.42 Å². The quantitative estimate of drug-likeness (QED) is 0.714. The summed E-state index contributed by atoms with van der Waals surface area (Å²) in [6, 6.07) is 7.13. The number of aryl methyl sites for hydroxylation is 1. The Morgan fingerprint density at radius 3 is 2.80 bits per heavy atom. The highest BCUT2D eigenvalue weighted by Gasteiger charge is 2.17. The van der Waals surface area contributed by atoms with E-state index < -0.39 is 10.0 Å². The number of hydrogen-bond acceptors (Lipinski definition) is 4. The molecule has 2 N–H and O–H groups in total. The van der Waals surface area contributed by atoms with E-state index in [-0.39, 0.29) is 11.5 Å². The van der Waals surface area contributed by atoms with Gasteiger partial charge in [-0.25, -0.2) is 8.42 Å². The van der Waals surface area contributed by atoms with Crippen LogP contribution in [0.4, 0.5) is 5.69 Å². The molecule has 0 saturated carbocycles. The SMILES string of the molecule is O=S(=O)(Nc1ccccc1I)c1cnn(CCCO)c1. The highest BCUT2D eigenvalue weighted by molar-refractivity contribution is 14.1. The summed E-state index contributed by atoms with van der Waals surface area (Å²) in [6.45, 7) is 0.525. The average Bonchev–Trinajstić information content (AvgIpc) is 2.88. The summed E-state index contributed by atoms with van der Waals surface area (Å²) in [4.78, 5) is 0.107. The van der Waals surface area contributed by atoms with Crippen LogP contribution in [-0.4, -0.2) is 29.9 Å². The molecule has 0 amide bonds. The largest absolute Gasteiger partial charge is 0.396 e. The number of sulfonamides is 1. The molecular weight excluding hydrogens is 393 g/mol. The lowest BCUT2D eigenvalue weighted by Gasteiger charge is -2.07. The number of nitrogens with zero attached hydrogens (tertiary/aromatic N) is 2. The molecule has 1 heterocycles. The minimum absolute atomic E-state index is 0.0441. The van der Waals surface area contributed by atoms with Crippen molar-refractivity contribution in [2.45, 2.75) is 17.9 Å². The first-order chi connectivity index (χ1) is 9.53. The summed E-state index contributed by atoms with van der Waals surface area (Å²) in [5.41, 5.74) is 0.538. The van der Waals surface area contributed by atoms with Gasteiger partial charge in [0.2, 0.25) is 0 Å². The highest BCUT2D eigenvalue weighted by atomic mass is 127. The van der Waals surface area contributed by atoms with Gasteiger partial charge >= 0.3 is 0 Å². The van der Waals surface area contributed by atoms with E-state index in [0.29, 0.717) is 18.7 Å². The molecule has 108 valence electrons. The first-order valence-corrected chi connectivity index (χ1v) is 8.50. The molecule has 8 heteroatoms. The van der Waals surface area contributed by atoms with Gasteiger partial charge in [-0.3, -0.25) is 9.40 Å². The van der Waals surface area contributed by atoms with Gasteiger partial charge in [-0.1, -0.05) is 12.1 Å². The van der Waals surface area contributed by atoms with Crippen molar-refractivity contribution in [3.05, 3.63) is 40.2 Å². The van der Waals surface area contributed by atoms with Crippen LogP contribution in [0.15, 0.2) is 41.6 Å². The minimum atomic E-state index is -3.64. The van der Waals surface area contributed by atoms with E-state index in [1.807, 2.05) is 12.1 Å². The molecule has 2 aromatic rings. The fraction of sp³-hybridized carbons (Fsp3) is 0.250. The zero-order valence-electron chi connectivity index (χ0n) is 10.5. The zero-order valence-corrected chi connectivity index (χ0v) is 13.5. The van der Waals surface area contributed by atoms with Gasteiger partial charge in [0.25, 0.3) is 10.0 Å². The number of benzene rings is 1. The van der Waals surface area contributed by atoms with Crippen LogP contribution in [0.2, 0.25) is 0 Å². The molecule has 1 aromatic carbocycles. The van der Waals surface area contributed by atoms with Gasteiger partial charge in [-0.15, -0.1) is 0 Å². The third-order valence-electron chi connectivity index (χ3n) is 2.58. The second-order valence-corrected chi connectivity index (χ2v) is 6.95. The lowest BCUT2D eigenvalue weighted by atomic mass is 10.3. The van der Waals surface area contributed by atoms with Gasteiger partial charge in [-0.05, 0) is 41.1 Å². The third-order valence-corrected chi connectivity index (χ3v) is 4.84. The lowest BCUT2D eigenvalue weighted by molar-refractivity contribution is 0.277. The van der Waals surface area contributed by atoms with Gasteiger partial charge in [0, 0.05) is 22.9 Å². The van der Waals surface area contributed by atoms with Gasteiger partial charge in [0.1, 0.15) is 4.90 Å². The van der Waals surface area contributed by atoms with Crippen LogP contribution in [-0.2, 0) is 16.6 Å². The first-order valence-electron chi connectivity index (χ1n) is 5.93. The van der Waals surface area contributed by atoms with Crippen molar-refractivity contribution in [2.24, 2.45) is 0 Å². The zero-order chi connectivity index (χ0) is 14.6. The monoisotopic (exact) mass is 407 g/mol. The van der Waals surface area contributed by atoms with Gasteiger partial charge in [-0.2, -0.15) is 5.10 Å². The van der Waals surface area contributed by atoms with Crippen molar-refractivity contribution in [1.82, 2.24) is 9.78 Å². The Bertz CT molecular complexity index is 685. The Morgan fingerprint density at radius 1 is 1.35 bits per heavy atom. The van der Waals surface area contributed by atoms with Crippen LogP contribution < -0.4 is 4.72 Å². The van der Waals surface area contributed by atoms with Crippen molar-refractivity contribution >= 4 is 38.3 Å². The number of anilines is 1. The van der Waals surface area contributed by atoms with Crippen LogP contribution in [0, 0.1) is 3.57 Å². The Balaban J connectivity index is 2.18. The van der Waals surface area contributed by atoms with Gasteiger partial charge < -0.3 is 5.11 Å². The standard InChI is InChI=1S/C12H14IN3O3S/c13-11-4-1-2-5-12(11)15-20(18,19)10-8-14-16(9-10)6-3-7-17/h1-2,4-5,8-9,15,17H,3,6-7H2. The molecule has 0 aliphatic carbocycles. The summed E-state index contributed by atoms with van der Waals surface area (Å²) >= 11 is 2.07. The normalized spacial score (nSPS) is 11.5. The maximum atomic E-state index is 12.2. The first kappa shape index (κ1) is 15.3. The predicted molar refractivity (Wildman–Crippen MR) is 83.9 cm³/mol. The molecule has 0 fully saturated rings. The Morgan fingerprint density at radius 2 is 2.10 bits per heavy atom. The fourth-order valence-electron chi connectivity index (χ4n) is 1.59. The van der Waals surface area contributed by atoms with Crippen molar-refractivity contribution in [3.63, 3.8) is 0 Å². The number of halogens is 1.